The highest BCUT2D eigenvalue weighted by Crippen LogP contribution is 2.66. The normalized spacial score (nSPS) is 13.4. The molecule has 13 aromatic carbocycles. The third-order valence-corrected chi connectivity index (χ3v) is 19.0. The molecular formula is C79H47F6N3O2. The molecule has 3 aromatic heterocycles. The average molecular weight is 1180 g/mol. The van der Waals surface area contributed by atoms with E-state index in [4.69, 9.17) is 8.83 Å². The molecule has 1 aliphatic carbocycles. The second-order valence-electron chi connectivity index (χ2n) is 23.7. The Hall–Kier alpha value is -11.0. The summed E-state index contributed by atoms with van der Waals surface area (Å²) in [6, 6.07) is 79.3. The summed E-state index contributed by atoms with van der Waals surface area (Å²) in [7, 11) is 0. The number of furan rings is 2. The molecule has 0 saturated carbocycles. The first-order chi connectivity index (χ1) is 43.8. The van der Waals surface area contributed by atoms with Gasteiger partial charge in [-0.05, 0) is 154 Å². The number of rotatable bonds is 6. The summed E-state index contributed by atoms with van der Waals surface area (Å²) in [5, 5.41) is 9.08. The zero-order valence-electron chi connectivity index (χ0n) is 48.1. The van der Waals surface area contributed by atoms with Gasteiger partial charge in [-0.15, -0.1) is 0 Å². The van der Waals surface area contributed by atoms with Crippen molar-refractivity contribution in [1.29, 1.82) is 0 Å². The highest BCUT2D eigenvalue weighted by Gasteiger charge is 2.53. The summed E-state index contributed by atoms with van der Waals surface area (Å²) < 4.78 is 105. The molecular weight excluding hydrogens is 1140 g/mol. The number of benzene rings is 13. The van der Waals surface area contributed by atoms with Crippen molar-refractivity contribution in [2.75, 3.05) is 9.80 Å². The number of para-hydroxylation sites is 7. The molecule has 16 aromatic rings. The first kappa shape index (κ1) is 52.1. The average Bonchev–Trinajstić information content (AvgIpc) is 1.46. The molecule has 0 saturated heterocycles. The van der Waals surface area contributed by atoms with Crippen LogP contribution in [0.2, 0.25) is 0 Å². The number of alkyl halides is 6. The van der Waals surface area contributed by atoms with E-state index in [2.05, 4.69) is 117 Å². The standard InChI is InChI=1S/C79H47F6N3O2/c1-44-16-11-24-56-58-26-14-32-66(75(58)89-73(44)56)86(48-38-34-46(35-39-48)78(80,81)82)68-42-62-70(53-21-5-3-18-50(53)68)71-54-22-6-4-19-51(54)69(43-63(71)77(62)60-28-8-10-31-65(60)88-64-30-9-7-20-52(64)55-23-13-29-61(77)72(55)88)87(49-40-36-47(37-41-49)79(83,84)85)67-33-15-27-59-57-25-12-17-45(2)74(57)90-76(59)67/h3-43H,1-2H3. The molecule has 90 heavy (non-hydrogen) atoms. The van der Waals surface area contributed by atoms with Gasteiger partial charge in [-0.2, -0.15) is 26.3 Å². The fourth-order valence-corrected chi connectivity index (χ4v) is 15.3. The first-order valence-electron chi connectivity index (χ1n) is 29.8. The summed E-state index contributed by atoms with van der Waals surface area (Å²) in [6.45, 7) is 4.01. The van der Waals surface area contributed by atoms with Gasteiger partial charge in [0.2, 0.25) is 0 Å². The minimum atomic E-state index is -4.60. The molecule has 0 amide bonds. The maximum absolute atomic E-state index is 14.7. The Bertz CT molecular complexity index is 5480. The molecule has 0 atom stereocenters. The lowest BCUT2D eigenvalue weighted by atomic mass is 9.65. The number of nitrogens with zero attached hydrogens (tertiary/aromatic N) is 3. The molecule has 18 rings (SSSR count). The van der Waals surface area contributed by atoms with Crippen molar-refractivity contribution in [2.24, 2.45) is 0 Å². The number of anilines is 6. The maximum atomic E-state index is 14.7. The fraction of sp³-hybridized carbons (Fsp3) is 0.0633. The van der Waals surface area contributed by atoms with Crippen molar-refractivity contribution in [2.45, 2.75) is 31.6 Å². The maximum Gasteiger partial charge on any atom is 0.416 e. The van der Waals surface area contributed by atoms with Crippen LogP contribution in [0.5, 0.6) is 0 Å². The SMILES string of the molecule is Cc1cccc2c1oc1c(N(c3ccc(C(F)(F)F)cc3)c3cc4c(c5ccccc35)-c3c(cc(N(c5ccc(C(F)(F)F)cc5)c5cccc6c5oc5c(C)cccc56)c5ccccc35)C43c4ccccc4-n4c5ccccc5c5cccc3c54)cccc12. The van der Waals surface area contributed by atoms with Crippen LogP contribution in [0, 0.1) is 13.8 Å². The van der Waals surface area contributed by atoms with Gasteiger partial charge < -0.3 is 23.2 Å². The van der Waals surface area contributed by atoms with E-state index in [1.807, 2.05) is 111 Å². The Morgan fingerprint density at radius 1 is 0.333 bits per heavy atom. The van der Waals surface area contributed by atoms with Gasteiger partial charge in [-0.3, -0.25) is 0 Å². The highest BCUT2D eigenvalue weighted by atomic mass is 19.4. The summed E-state index contributed by atoms with van der Waals surface area (Å²) in [5.74, 6) is 0. The summed E-state index contributed by atoms with van der Waals surface area (Å²) in [6.07, 6.45) is -9.20. The molecule has 0 unspecified atom stereocenters. The number of hydrogen-bond acceptors (Lipinski definition) is 4. The molecule has 0 N–H and O–H groups in total. The lowest BCUT2D eigenvalue weighted by Gasteiger charge is -2.40. The van der Waals surface area contributed by atoms with Crippen molar-refractivity contribution in [3.63, 3.8) is 0 Å². The van der Waals surface area contributed by atoms with Crippen molar-refractivity contribution < 1.29 is 35.2 Å². The largest absolute Gasteiger partial charge is 0.454 e. The van der Waals surface area contributed by atoms with Crippen LogP contribution in [-0.4, -0.2) is 4.57 Å². The molecule has 5 nitrogen and oxygen atoms in total. The zero-order chi connectivity index (χ0) is 60.7. The van der Waals surface area contributed by atoms with Crippen LogP contribution in [0.4, 0.5) is 60.5 Å². The Kier molecular flexibility index (Phi) is 10.7. The molecule has 0 fully saturated rings. The minimum absolute atomic E-state index is 0.475. The molecule has 4 heterocycles. The number of hydrogen-bond donors (Lipinski definition) is 0. The number of fused-ring (bicyclic) bond motifs is 22. The smallest absolute Gasteiger partial charge is 0.416 e. The summed E-state index contributed by atoms with van der Waals surface area (Å²) in [4.78, 5) is 4.11. The van der Waals surface area contributed by atoms with Crippen LogP contribution in [0.25, 0.3) is 104 Å². The summed E-state index contributed by atoms with van der Waals surface area (Å²) >= 11 is 0. The topological polar surface area (TPSA) is 37.7 Å². The van der Waals surface area contributed by atoms with Crippen molar-refractivity contribution >= 4 is 121 Å². The lowest BCUT2D eigenvalue weighted by molar-refractivity contribution is -0.138. The second-order valence-corrected chi connectivity index (χ2v) is 23.7. The molecule has 11 heteroatoms. The zero-order valence-corrected chi connectivity index (χ0v) is 48.1. The van der Waals surface area contributed by atoms with Gasteiger partial charge in [0.1, 0.15) is 11.2 Å². The van der Waals surface area contributed by atoms with E-state index in [0.29, 0.717) is 56.5 Å². The van der Waals surface area contributed by atoms with Crippen LogP contribution in [0.3, 0.4) is 0 Å². The van der Waals surface area contributed by atoms with Gasteiger partial charge in [-0.1, -0.05) is 164 Å². The second kappa shape index (κ2) is 18.5. The van der Waals surface area contributed by atoms with E-state index < -0.39 is 28.9 Å². The highest BCUT2D eigenvalue weighted by molar-refractivity contribution is 6.22. The summed E-state index contributed by atoms with van der Waals surface area (Å²) in [5.41, 5.74) is 14.0. The van der Waals surface area contributed by atoms with Gasteiger partial charge in [0.15, 0.2) is 11.2 Å². The third-order valence-electron chi connectivity index (χ3n) is 19.0. The number of aromatic nitrogens is 1. The lowest BCUT2D eigenvalue weighted by Crippen LogP contribution is -2.34. The third kappa shape index (κ3) is 7.05. The van der Waals surface area contributed by atoms with Crippen LogP contribution >= 0.6 is 0 Å². The van der Waals surface area contributed by atoms with E-state index >= 15 is 0 Å². The van der Waals surface area contributed by atoms with Gasteiger partial charge in [-0.25, -0.2) is 0 Å². The molecule has 0 bridgehead atoms. The van der Waals surface area contributed by atoms with Gasteiger partial charge in [0, 0.05) is 54.5 Å². The van der Waals surface area contributed by atoms with Gasteiger partial charge >= 0.3 is 12.4 Å². The van der Waals surface area contributed by atoms with E-state index in [-0.39, 0.29) is 0 Å². The molecule has 1 spiro atoms. The van der Waals surface area contributed by atoms with Crippen molar-refractivity contribution in [3.05, 3.63) is 293 Å². The van der Waals surface area contributed by atoms with E-state index in [0.717, 1.165) is 139 Å². The minimum Gasteiger partial charge on any atom is -0.454 e. The van der Waals surface area contributed by atoms with E-state index in [1.54, 1.807) is 0 Å². The Labute approximate surface area is 510 Å². The van der Waals surface area contributed by atoms with Gasteiger partial charge in [0.05, 0.1) is 56.0 Å². The van der Waals surface area contributed by atoms with Crippen LogP contribution in [0.1, 0.15) is 44.5 Å². The first-order valence-corrected chi connectivity index (χ1v) is 29.8. The molecule has 1 aliphatic heterocycles. The number of halogens is 6. The monoisotopic (exact) mass is 1180 g/mol. The predicted molar refractivity (Wildman–Crippen MR) is 350 cm³/mol. The quantitative estimate of drug-likeness (QED) is 0.156. The van der Waals surface area contributed by atoms with Crippen LogP contribution in [-0.2, 0) is 17.8 Å². The van der Waals surface area contributed by atoms with E-state index in [1.165, 1.54) is 24.3 Å². The van der Waals surface area contributed by atoms with Crippen molar-refractivity contribution in [1.82, 2.24) is 4.57 Å². The predicted octanol–water partition coefficient (Wildman–Crippen LogP) is 23.2. The van der Waals surface area contributed by atoms with E-state index in [9.17, 15) is 26.3 Å². The van der Waals surface area contributed by atoms with Crippen molar-refractivity contribution in [3.8, 4) is 16.8 Å². The molecule has 0 radical (unpaired) electrons. The van der Waals surface area contributed by atoms with Gasteiger partial charge in [0.25, 0.3) is 0 Å². The number of aryl methyl sites for hydroxylation is 2. The Morgan fingerprint density at radius 3 is 1.22 bits per heavy atom. The Balaban J connectivity index is 1.02. The molecule has 432 valence electrons. The Morgan fingerprint density at radius 2 is 0.722 bits per heavy atom. The van der Waals surface area contributed by atoms with Crippen LogP contribution in [0.15, 0.2) is 258 Å². The fourth-order valence-electron chi connectivity index (χ4n) is 15.3. The molecule has 2 aliphatic rings. The van der Waals surface area contributed by atoms with Crippen LogP contribution < -0.4 is 9.80 Å².